The van der Waals surface area contributed by atoms with E-state index in [0.717, 1.165) is 0 Å². The Kier molecular flexibility index (Phi) is 3.85. The van der Waals surface area contributed by atoms with E-state index < -0.39 is 5.82 Å². The first kappa shape index (κ1) is 13.5. The van der Waals surface area contributed by atoms with Gasteiger partial charge >= 0.3 is 0 Å². The summed E-state index contributed by atoms with van der Waals surface area (Å²) in [5.74, 6) is -0.818. The first-order chi connectivity index (χ1) is 9.08. The molecular formula is C13H12ClFN2O2. The lowest BCUT2D eigenvalue weighted by Gasteiger charge is -2.07. The molecule has 1 heterocycles. The van der Waals surface area contributed by atoms with Crippen LogP contribution in [0, 0.1) is 5.82 Å². The standard InChI is InChI=1S/C13H12ClFN2O2/c1-3-17-12(9(14)7-16-17)13(18)8-4-5-10(15)11(6-8)19-2/h4-7H,3H2,1-2H3. The van der Waals surface area contributed by atoms with Crippen LogP contribution in [-0.2, 0) is 6.54 Å². The van der Waals surface area contributed by atoms with Gasteiger partial charge in [-0.1, -0.05) is 11.6 Å². The molecule has 4 nitrogen and oxygen atoms in total. The summed E-state index contributed by atoms with van der Waals surface area (Å²) in [5, 5.41) is 4.27. The molecule has 2 aromatic rings. The Morgan fingerprint density at radius 1 is 1.53 bits per heavy atom. The number of ether oxygens (including phenoxy) is 1. The first-order valence-corrected chi connectivity index (χ1v) is 6.05. The van der Waals surface area contributed by atoms with Gasteiger partial charge in [-0.25, -0.2) is 4.39 Å². The topological polar surface area (TPSA) is 44.1 Å². The summed E-state index contributed by atoms with van der Waals surface area (Å²) in [6.07, 6.45) is 1.42. The molecule has 0 N–H and O–H groups in total. The minimum atomic E-state index is -0.519. The van der Waals surface area contributed by atoms with Gasteiger partial charge in [-0.3, -0.25) is 9.48 Å². The number of aromatic nitrogens is 2. The van der Waals surface area contributed by atoms with Crippen molar-refractivity contribution in [2.75, 3.05) is 7.11 Å². The molecule has 1 aromatic heterocycles. The van der Waals surface area contributed by atoms with Crippen molar-refractivity contribution in [1.82, 2.24) is 9.78 Å². The summed E-state index contributed by atoms with van der Waals surface area (Å²) >= 11 is 5.96. The molecule has 0 saturated heterocycles. The zero-order valence-corrected chi connectivity index (χ0v) is 11.2. The van der Waals surface area contributed by atoms with E-state index in [2.05, 4.69) is 5.10 Å². The normalized spacial score (nSPS) is 10.5. The Labute approximate surface area is 114 Å². The minimum Gasteiger partial charge on any atom is -0.494 e. The molecule has 6 heteroatoms. The van der Waals surface area contributed by atoms with Crippen molar-refractivity contribution in [3.63, 3.8) is 0 Å². The summed E-state index contributed by atoms with van der Waals surface area (Å²) in [6.45, 7) is 2.37. The van der Waals surface area contributed by atoms with Gasteiger partial charge in [-0.2, -0.15) is 5.10 Å². The number of carbonyl (C=O) groups is 1. The van der Waals surface area contributed by atoms with Gasteiger partial charge in [-0.05, 0) is 25.1 Å². The number of carbonyl (C=O) groups excluding carboxylic acids is 1. The number of aryl methyl sites for hydroxylation is 1. The first-order valence-electron chi connectivity index (χ1n) is 5.68. The zero-order chi connectivity index (χ0) is 14.0. The molecule has 0 bridgehead atoms. The molecule has 0 aliphatic carbocycles. The molecule has 0 amide bonds. The number of ketones is 1. The van der Waals surface area contributed by atoms with Crippen LogP contribution in [0.3, 0.4) is 0 Å². The molecule has 100 valence electrons. The van der Waals surface area contributed by atoms with E-state index in [-0.39, 0.29) is 22.2 Å². The highest BCUT2D eigenvalue weighted by atomic mass is 35.5. The fraction of sp³-hybridized carbons (Fsp3) is 0.231. The van der Waals surface area contributed by atoms with Crippen molar-refractivity contribution in [2.45, 2.75) is 13.5 Å². The van der Waals surface area contributed by atoms with Crippen LogP contribution in [-0.4, -0.2) is 22.7 Å². The molecule has 0 atom stereocenters. The number of benzene rings is 1. The van der Waals surface area contributed by atoms with Crippen LogP contribution in [0.25, 0.3) is 0 Å². The fourth-order valence-corrected chi connectivity index (χ4v) is 1.99. The smallest absolute Gasteiger partial charge is 0.212 e. The van der Waals surface area contributed by atoms with Gasteiger partial charge in [0.25, 0.3) is 0 Å². The van der Waals surface area contributed by atoms with Gasteiger partial charge in [0.1, 0.15) is 5.69 Å². The van der Waals surface area contributed by atoms with Crippen LogP contribution >= 0.6 is 11.6 Å². The maximum absolute atomic E-state index is 13.3. The van der Waals surface area contributed by atoms with E-state index in [0.29, 0.717) is 12.1 Å². The maximum atomic E-state index is 13.3. The van der Waals surface area contributed by atoms with E-state index in [4.69, 9.17) is 16.3 Å². The van der Waals surface area contributed by atoms with Crippen molar-refractivity contribution in [3.8, 4) is 5.75 Å². The van der Waals surface area contributed by atoms with E-state index in [9.17, 15) is 9.18 Å². The Morgan fingerprint density at radius 3 is 2.89 bits per heavy atom. The van der Waals surface area contributed by atoms with Crippen LogP contribution in [0.1, 0.15) is 23.0 Å². The van der Waals surface area contributed by atoms with Crippen molar-refractivity contribution in [3.05, 3.63) is 46.5 Å². The highest BCUT2D eigenvalue weighted by molar-refractivity contribution is 6.34. The Bertz CT molecular complexity index is 625. The molecule has 1 aromatic carbocycles. The average molecular weight is 283 g/mol. The van der Waals surface area contributed by atoms with Gasteiger partial charge < -0.3 is 4.74 Å². The van der Waals surface area contributed by atoms with Gasteiger partial charge in [0.05, 0.1) is 18.3 Å². The van der Waals surface area contributed by atoms with Crippen LogP contribution < -0.4 is 4.74 Å². The predicted molar refractivity (Wildman–Crippen MR) is 69.3 cm³/mol. The predicted octanol–water partition coefficient (Wildman–Crippen LogP) is 2.94. The number of halogens is 2. The summed E-state index contributed by atoms with van der Waals surface area (Å²) in [6, 6.07) is 3.93. The van der Waals surface area contributed by atoms with Crippen LogP contribution in [0.5, 0.6) is 5.75 Å². The summed E-state index contributed by atoms with van der Waals surface area (Å²) in [4.78, 5) is 12.4. The number of hydrogen-bond donors (Lipinski definition) is 0. The second kappa shape index (κ2) is 5.40. The summed E-state index contributed by atoms with van der Waals surface area (Å²) < 4.78 is 19.7. The lowest BCUT2D eigenvalue weighted by molar-refractivity contribution is 0.102. The van der Waals surface area contributed by atoms with E-state index >= 15 is 0 Å². The molecule has 0 saturated carbocycles. The molecule has 0 spiro atoms. The monoisotopic (exact) mass is 282 g/mol. The summed E-state index contributed by atoms with van der Waals surface area (Å²) in [5.41, 5.74) is 0.591. The number of rotatable bonds is 4. The quantitative estimate of drug-likeness (QED) is 0.810. The third-order valence-corrected chi connectivity index (χ3v) is 3.00. The van der Waals surface area contributed by atoms with Gasteiger partial charge in [0, 0.05) is 12.1 Å². The molecule has 0 radical (unpaired) electrons. The van der Waals surface area contributed by atoms with Crippen LogP contribution in [0.4, 0.5) is 4.39 Å². The molecule has 0 aliphatic heterocycles. The van der Waals surface area contributed by atoms with Crippen LogP contribution in [0.2, 0.25) is 5.02 Å². The zero-order valence-electron chi connectivity index (χ0n) is 10.5. The third-order valence-electron chi connectivity index (χ3n) is 2.72. The highest BCUT2D eigenvalue weighted by Crippen LogP contribution is 2.23. The van der Waals surface area contributed by atoms with Crippen molar-refractivity contribution in [2.24, 2.45) is 0 Å². The van der Waals surface area contributed by atoms with Gasteiger partial charge in [0.15, 0.2) is 11.6 Å². The Balaban J connectivity index is 2.47. The number of methoxy groups -OCH3 is 1. The molecule has 19 heavy (non-hydrogen) atoms. The molecule has 0 aliphatic rings. The maximum Gasteiger partial charge on any atom is 0.212 e. The van der Waals surface area contributed by atoms with Crippen molar-refractivity contribution in [1.29, 1.82) is 0 Å². The second-order valence-corrected chi connectivity index (χ2v) is 4.24. The minimum absolute atomic E-state index is 0.0181. The lowest BCUT2D eigenvalue weighted by atomic mass is 10.1. The van der Waals surface area contributed by atoms with Crippen LogP contribution in [0.15, 0.2) is 24.4 Å². The molecule has 2 rings (SSSR count). The lowest BCUT2D eigenvalue weighted by Crippen LogP contribution is -2.11. The highest BCUT2D eigenvalue weighted by Gasteiger charge is 2.19. The van der Waals surface area contributed by atoms with E-state index in [1.807, 2.05) is 6.92 Å². The Morgan fingerprint density at radius 2 is 2.26 bits per heavy atom. The SMILES string of the molecule is CCn1ncc(Cl)c1C(=O)c1ccc(F)c(OC)c1. The van der Waals surface area contributed by atoms with E-state index in [1.165, 1.54) is 36.2 Å². The molecule has 0 fully saturated rings. The molecule has 0 unspecified atom stereocenters. The van der Waals surface area contributed by atoms with Gasteiger partial charge in [0.2, 0.25) is 5.78 Å². The number of nitrogens with zero attached hydrogens (tertiary/aromatic N) is 2. The van der Waals surface area contributed by atoms with Crippen molar-refractivity contribution >= 4 is 17.4 Å². The Hall–Kier alpha value is -1.88. The number of hydrogen-bond acceptors (Lipinski definition) is 3. The van der Waals surface area contributed by atoms with Gasteiger partial charge in [-0.15, -0.1) is 0 Å². The third kappa shape index (κ3) is 2.46. The molecular weight excluding hydrogens is 271 g/mol. The van der Waals surface area contributed by atoms with Crippen molar-refractivity contribution < 1.29 is 13.9 Å². The fourth-order valence-electron chi connectivity index (χ4n) is 1.77. The van der Waals surface area contributed by atoms with E-state index in [1.54, 1.807) is 0 Å². The summed E-state index contributed by atoms with van der Waals surface area (Å²) in [7, 11) is 1.34. The second-order valence-electron chi connectivity index (χ2n) is 3.84. The largest absolute Gasteiger partial charge is 0.494 e. The average Bonchev–Trinajstić information content (AvgIpc) is 2.79.